The highest BCUT2D eigenvalue weighted by Crippen LogP contribution is 2.11. The van der Waals surface area contributed by atoms with Crippen LogP contribution in [0.4, 0.5) is 0 Å². The van der Waals surface area contributed by atoms with Gasteiger partial charge in [0.1, 0.15) is 18.3 Å². The van der Waals surface area contributed by atoms with Crippen LogP contribution in [0, 0.1) is 0 Å². The van der Waals surface area contributed by atoms with Gasteiger partial charge in [0.15, 0.2) is 0 Å². The largest absolute Gasteiger partial charge is 0.394 e. The maximum Gasteiger partial charge on any atom is 0.111 e. The molecule has 2 aromatic carbocycles. The zero-order chi connectivity index (χ0) is 17.2. The van der Waals surface area contributed by atoms with Crippen LogP contribution in [0.15, 0.2) is 60.7 Å². The minimum absolute atomic E-state index is 0.111. The van der Waals surface area contributed by atoms with E-state index in [0.29, 0.717) is 6.61 Å². The summed E-state index contributed by atoms with van der Waals surface area (Å²) in [7, 11) is 0. The molecule has 2 rings (SSSR count). The van der Waals surface area contributed by atoms with Gasteiger partial charge >= 0.3 is 0 Å². The van der Waals surface area contributed by atoms with Gasteiger partial charge in [0.25, 0.3) is 0 Å². The molecule has 5 nitrogen and oxygen atoms in total. The van der Waals surface area contributed by atoms with Crippen molar-refractivity contribution in [1.29, 1.82) is 0 Å². The smallest absolute Gasteiger partial charge is 0.111 e. The van der Waals surface area contributed by atoms with Gasteiger partial charge in [-0.2, -0.15) is 0 Å². The molecular weight excluding hydrogens is 308 g/mol. The molecule has 5 heteroatoms. The number of hydrogen-bond acceptors (Lipinski definition) is 5. The van der Waals surface area contributed by atoms with Crippen LogP contribution in [0.2, 0.25) is 0 Å². The van der Waals surface area contributed by atoms with Crippen LogP contribution in [0.3, 0.4) is 0 Å². The van der Waals surface area contributed by atoms with Crippen LogP contribution in [-0.4, -0.2) is 46.8 Å². The Morgan fingerprint density at radius 1 is 0.792 bits per heavy atom. The van der Waals surface area contributed by atoms with Gasteiger partial charge in [-0.05, 0) is 11.1 Å². The van der Waals surface area contributed by atoms with E-state index in [1.165, 1.54) is 0 Å². The van der Waals surface area contributed by atoms with Gasteiger partial charge in [-0.1, -0.05) is 60.7 Å². The molecule has 0 heterocycles. The van der Waals surface area contributed by atoms with Gasteiger partial charge in [0, 0.05) is 0 Å². The number of benzene rings is 2. The van der Waals surface area contributed by atoms with Crippen molar-refractivity contribution in [2.24, 2.45) is 0 Å². The summed E-state index contributed by atoms with van der Waals surface area (Å²) >= 11 is 0. The second-order valence-electron chi connectivity index (χ2n) is 5.58. The predicted octanol–water partition coefficient (Wildman–Crippen LogP) is 1.50. The van der Waals surface area contributed by atoms with Crippen LogP contribution in [0.1, 0.15) is 11.1 Å². The Morgan fingerprint density at radius 2 is 1.33 bits per heavy atom. The monoisotopic (exact) mass is 332 g/mol. The first-order chi connectivity index (χ1) is 11.7. The Morgan fingerprint density at radius 3 is 1.88 bits per heavy atom. The van der Waals surface area contributed by atoms with Gasteiger partial charge in [0.2, 0.25) is 0 Å². The first-order valence-electron chi connectivity index (χ1n) is 7.95. The van der Waals surface area contributed by atoms with Crippen LogP contribution in [0.25, 0.3) is 0 Å². The van der Waals surface area contributed by atoms with Gasteiger partial charge in [0.05, 0.1) is 26.4 Å². The SMILES string of the molecule is OC[C@H](O)[C@@H](O)[C@@H](COCc1ccccc1)OCc1ccccc1. The summed E-state index contributed by atoms with van der Waals surface area (Å²) in [4.78, 5) is 0. The van der Waals surface area contributed by atoms with E-state index in [4.69, 9.17) is 14.6 Å². The number of rotatable bonds is 10. The van der Waals surface area contributed by atoms with E-state index >= 15 is 0 Å². The molecule has 0 unspecified atom stereocenters. The standard InChI is InChI=1S/C19H24O5/c20-11-17(21)19(22)18(24-13-16-9-5-2-6-10-16)14-23-12-15-7-3-1-4-8-15/h1-10,17-22H,11-14H2/t17-,18+,19+/m0/s1. The Balaban J connectivity index is 1.89. The normalized spacial score (nSPS) is 15.0. The summed E-state index contributed by atoms with van der Waals surface area (Å²) < 4.78 is 11.3. The first kappa shape index (κ1) is 18.6. The summed E-state index contributed by atoms with van der Waals surface area (Å²) in [6.07, 6.45) is -3.24. The molecule has 0 radical (unpaired) electrons. The van der Waals surface area contributed by atoms with Crippen molar-refractivity contribution in [3.63, 3.8) is 0 Å². The van der Waals surface area contributed by atoms with E-state index in [1.54, 1.807) is 0 Å². The van der Waals surface area contributed by atoms with Crippen molar-refractivity contribution >= 4 is 0 Å². The van der Waals surface area contributed by atoms with E-state index < -0.39 is 24.9 Å². The van der Waals surface area contributed by atoms with Crippen molar-refractivity contribution in [3.05, 3.63) is 71.8 Å². The highest BCUT2D eigenvalue weighted by atomic mass is 16.5. The molecule has 0 amide bonds. The molecule has 0 aromatic heterocycles. The van der Waals surface area contributed by atoms with Crippen LogP contribution < -0.4 is 0 Å². The third kappa shape index (κ3) is 6.03. The molecule has 0 bridgehead atoms. The third-order valence-electron chi connectivity index (χ3n) is 3.66. The van der Waals surface area contributed by atoms with Gasteiger partial charge in [-0.25, -0.2) is 0 Å². The van der Waals surface area contributed by atoms with Crippen molar-refractivity contribution in [2.75, 3.05) is 13.2 Å². The van der Waals surface area contributed by atoms with Gasteiger partial charge in [-0.3, -0.25) is 0 Å². The summed E-state index contributed by atoms with van der Waals surface area (Å²) in [5.74, 6) is 0. The number of ether oxygens (including phenoxy) is 2. The average Bonchev–Trinajstić information content (AvgIpc) is 2.65. The lowest BCUT2D eigenvalue weighted by Gasteiger charge is -2.26. The molecule has 3 atom stereocenters. The molecule has 0 saturated heterocycles. The molecule has 130 valence electrons. The maximum atomic E-state index is 10.1. The Kier molecular flexibility index (Phi) is 7.88. The third-order valence-corrected chi connectivity index (χ3v) is 3.66. The molecule has 0 spiro atoms. The first-order valence-corrected chi connectivity index (χ1v) is 7.95. The van der Waals surface area contributed by atoms with Crippen molar-refractivity contribution < 1.29 is 24.8 Å². The molecule has 0 aliphatic rings. The molecule has 24 heavy (non-hydrogen) atoms. The number of hydrogen-bond donors (Lipinski definition) is 3. The lowest BCUT2D eigenvalue weighted by molar-refractivity contribution is -0.131. The summed E-state index contributed by atoms with van der Waals surface area (Å²) in [6.45, 7) is 0.244. The molecule has 0 aliphatic carbocycles. The van der Waals surface area contributed by atoms with Crippen molar-refractivity contribution in [3.8, 4) is 0 Å². The van der Waals surface area contributed by atoms with Crippen molar-refractivity contribution in [1.82, 2.24) is 0 Å². The highest BCUT2D eigenvalue weighted by Gasteiger charge is 2.27. The molecule has 2 aromatic rings. The predicted molar refractivity (Wildman–Crippen MR) is 90.2 cm³/mol. The minimum Gasteiger partial charge on any atom is -0.394 e. The fraction of sp³-hybridized carbons (Fsp3) is 0.368. The highest BCUT2D eigenvalue weighted by molar-refractivity contribution is 5.14. The summed E-state index contributed by atoms with van der Waals surface area (Å²) in [5, 5.41) is 28.8. The van der Waals surface area contributed by atoms with E-state index in [-0.39, 0.29) is 13.2 Å². The lowest BCUT2D eigenvalue weighted by Crippen LogP contribution is -2.43. The second kappa shape index (κ2) is 10.2. The van der Waals surface area contributed by atoms with Crippen LogP contribution in [-0.2, 0) is 22.7 Å². The fourth-order valence-electron chi connectivity index (χ4n) is 2.25. The fourth-order valence-corrected chi connectivity index (χ4v) is 2.25. The molecular formula is C19H24O5. The quantitative estimate of drug-likeness (QED) is 0.614. The minimum atomic E-state index is -1.27. The zero-order valence-electron chi connectivity index (χ0n) is 13.5. The van der Waals surface area contributed by atoms with Gasteiger partial charge < -0.3 is 24.8 Å². The van der Waals surface area contributed by atoms with Crippen molar-refractivity contribution in [2.45, 2.75) is 31.5 Å². The zero-order valence-corrected chi connectivity index (χ0v) is 13.5. The molecule has 0 aliphatic heterocycles. The summed E-state index contributed by atoms with van der Waals surface area (Å²) in [5.41, 5.74) is 1.97. The van der Waals surface area contributed by atoms with E-state index in [2.05, 4.69) is 0 Å². The average molecular weight is 332 g/mol. The number of aliphatic hydroxyl groups is 3. The number of aliphatic hydroxyl groups excluding tert-OH is 3. The Bertz CT molecular complexity index is 560. The summed E-state index contributed by atoms with van der Waals surface area (Å²) in [6, 6.07) is 19.2. The van der Waals surface area contributed by atoms with E-state index in [0.717, 1.165) is 11.1 Å². The Hall–Kier alpha value is -1.76. The Labute approximate surface area is 142 Å². The molecule has 0 saturated carbocycles. The van der Waals surface area contributed by atoms with E-state index in [9.17, 15) is 10.2 Å². The topological polar surface area (TPSA) is 79.2 Å². The van der Waals surface area contributed by atoms with Crippen LogP contribution >= 0.6 is 0 Å². The maximum absolute atomic E-state index is 10.1. The second-order valence-corrected chi connectivity index (χ2v) is 5.58. The molecule has 0 fully saturated rings. The molecule has 3 N–H and O–H groups in total. The lowest BCUT2D eigenvalue weighted by atomic mass is 10.1. The van der Waals surface area contributed by atoms with Crippen LogP contribution in [0.5, 0.6) is 0 Å². The van der Waals surface area contributed by atoms with E-state index in [1.807, 2.05) is 60.7 Å². The van der Waals surface area contributed by atoms with Gasteiger partial charge in [-0.15, -0.1) is 0 Å².